The van der Waals surface area contributed by atoms with E-state index in [-0.39, 0.29) is 18.0 Å². The highest BCUT2D eigenvalue weighted by molar-refractivity contribution is 5.78. The van der Waals surface area contributed by atoms with Gasteiger partial charge < -0.3 is 20.7 Å². The summed E-state index contributed by atoms with van der Waals surface area (Å²) in [5, 5.41) is 8.36. The van der Waals surface area contributed by atoms with Crippen molar-refractivity contribution in [3.8, 4) is 5.75 Å². The summed E-state index contributed by atoms with van der Waals surface area (Å²) in [6, 6.07) is 7.29. The molecule has 0 aliphatic carbocycles. The Labute approximate surface area is 117 Å². The van der Waals surface area contributed by atoms with Crippen LogP contribution in [0.1, 0.15) is 18.4 Å². The molecule has 1 fully saturated rings. The van der Waals surface area contributed by atoms with E-state index in [0.717, 1.165) is 11.3 Å². The lowest BCUT2D eigenvalue weighted by Gasteiger charge is -2.23. The van der Waals surface area contributed by atoms with Gasteiger partial charge in [-0.1, -0.05) is 18.2 Å². The number of methoxy groups -OCH3 is 1. The fourth-order valence-electron chi connectivity index (χ4n) is 2.12. The zero-order chi connectivity index (χ0) is 14.4. The van der Waals surface area contributed by atoms with Crippen LogP contribution >= 0.6 is 0 Å². The molecule has 1 heterocycles. The Hall–Kier alpha value is -2.24. The second-order valence-corrected chi connectivity index (χ2v) is 4.68. The number of nitrogens with one attached hydrogen (secondary N) is 3. The van der Waals surface area contributed by atoms with Crippen molar-refractivity contribution in [3.05, 3.63) is 29.8 Å². The highest BCUT2D eigenvalue weighted by Gasteiger charge is 2.19. The Morgan fingerprint density at radius 2 is 2.25 bits per heavy atom. The minimum atomic E-state index is -0.239. The maximum Gasteiger partial charge on any atom is 0.315 e. The third-order valence-electron chi connectivity index (χ3n) is 3.23. The second kappa shape index (κ2) is 6.79. The molecule has 0 aromatic heterocycles. The van der Waals surface area contributed by atoms with Crippen LogP contribution in [-0.4, -0.2) is 31.6 Å². The normalized spacial score (nSPS) is 18.1. The summed E-state index contributed by atoms with van der Waals surface area (Å²) in [5.41, 5.74) is 0.919. The van der Waals surface area contributed by atoms with Crippen molar-refractivity contribution in [1.82, 2.24) is 16.0 Å². The summed E-state index contributed by atoms with van der Waals surface area (Å²) in [5.74, 6) is 0.787. The number of hydrogen-bond acceptors (Lipinski definition) is 3. The van der Waals surface area contributed by atoms with Crippen LogP contribution in [0.2, 0.25) is 0 Å². The van der Waals surface area contributed by atoms with Gasteiger partial charge in [0.1, 0.15) is 5.75 Å². The van der Waals surface area contributed by atoms with Gasteiger partial charge in [0.05, 0.1) is 7.11 Å². The second-order valence-electron chi connectivity index (χ2n) is 4.68. The van der Waals surface area contributed by atoms with Gasteiger partial charge in [0, 0.05) is 31.1 Å². The zero-order valence-corrected chi connectivity index (χ0v) is 11.4. The molecular weight excluding hydrogens is 258 g/mol. The first-order valence-electron chi connectivity index (χ1n) is 6.62. The Kier molecular flexibility index (Phi) is 4.81. The van der Waals surface area contributed by atoms with Gasteiger partial charge in [-0.05, 0) is 12.5 Å². The Morgan fingerprint density at radius 3 is 2.95 bits per heavy atom. The van der Waals surface area contributed by atoms with Gasteiger partial charge in [0.2, 0.25) is 5.91 Å². The van der Waals surface area contributed by atoms with Crippen LogP contribution in [0.5, 0.6) is 5.75 Å². The van der Waals surface area contributed by atoms with Crippen molar-refractivity contribution < 1.29 is 14.3 Å². The van der Waals surface area contributed by atoms with E-state index in [0.29, 0.717) is 25.9 Å². The molecule has 0 spiro atoms. The molecule has 3 N–H and O–H groups in total. The summed E-state index contributed by atoms with van der Waals surface area (Å²) in [6.45, 7) is 0.885. The lowest BCUT2D eigenvalue weighted by molar-refractivity contribution is -0.122. The summed E-state index contributed by atoms with van der Waals surface area (Å²) in [4.78, 5) is 22.8. The lowest BCUT2D eigenvalue weighted by Crippen LogP contribution is -2.50. The molecule has 1 aromatic rings. The Balaban J connectivity index is 1.79. The molecule has 1 aromatic carbocycles. The first-order chi connectivity index (χ1) is 9.69. The van der Waals surface area contributed by atoms with Gasteiger partial charge in [-0.15, -0.1) is 0 Å². The van der Waals surface area contributed by atoms with Crippen molar-refractivity contribution in [1.29, 1.82) is 0 Å². The number of para-hydroxylation sites is 1. The van der Waals surface area contributed by atoms with E-state index in [1.54, 1.807) is 7.11 Å². The molecule has 108 valence electrons. The van der Waals surface area contributed by atoms with E-state index >= 15 is 0 Å². The SMILES string of the molecule is COc1ccccc1CNC(=O)N[C@@H]1CCC(=O)NC1. The number of hydrogen-bond donors (Lipinski definition) is 3. The monoisotopic (exact) mass is 277 g/mol. The van der Waals surface area contributed by atoms with Gasteiger partial charge >= 0.3 is 6.03 Å². The number of benzene rings is 1. The number of rotatable bonds is 4. The van der Waals surface area contributed by atoms with Crippen LogP contribution < -0.4 is 20.7 Å². The quantitative estimate of drug-likeness (QED) is 0.760. The number of carbonyl (C=O) groups excluding carboxylic acids is 2. The summed E-state index contributed by atoms with van der Waals surface area (Å²) in [6.07, 6.45) is 1.13. The van der Waals surface area contributed by atoms with Crippen molar-refractivity contribution in [2.75, 3.05) is 13.7 Å². The van der Waals surface area contributed by atoms with Crippen LogP contribution in [0.25, 0.3) is 0 Å². The average molecular weight is 277 g/mol. The summed E-state index contributed by atoms with van der Waals surface area (Å²) >= 11 is 0. The van der Waals surface area contributed by atoms with Gasteiger partial charge in [-0.2, -0.15) is 0 Å². The largest absolute Gasteiger partial charge is 0.496 e. The molecule has 1 aliphatic rings. The molecule has 3 amide bonds. The van der Waals surface area contributed by atoms with E-state index in [1.165, 1.54) is 0 Å². The molecule has 1 aliphatic heterocycles. The zero-order valence-electron chi connectivity index (χ0n) is 11.4. The average Bonchev–Trinajstić information content (AvgIpc) is 2.48. The minimum Gasteiger partial charge on any atom is -0.496 e. The minimum absolute atomic E-state index is 0.00892. The third-order valence-corrected chi connectivity index (χ3v) is 3.23. The molecule has 6 heteroatoms. The van der Waals surface area contributed by atoms with Crippen LogP contribution in [0.3, 0.4) is 0 Å². The molecule has 1 saturated heterocycles. The Morgan fingerprint density at radius 1 is 1.45 bits per heavy atom. The standard InChI is InChI=1S/C14H19N3O3/c1-20-12-5-3-2-4-10(12)8-16-14(19)17-11-6-7-13(18)15-9-11/h2-5,11H,6-9H2,1H3,(H,15,18)(H2,16,17,19)/t11-/m1/s1. The van der Waals surface area contributed by atoms with Gasteiger partial charge in [-0.25, -0.2) is 4.79 Å². The predicted octanol–water partition coefficient (Wildman–Crippen LogP) is 0.773. The maximum absolute atomic E-state index is 11.8. The number of piperidine rings is 1. The van der Waals surface area contributed by atoms with E-state index in [2.05, 4.69) is 16.0 Å². The van der Waals surface area contributed by atoms with E-state index in [4.69, 9.17) is 4.74 Å². The predicted molar refractivity (Wildman–Crippen MR) is 74.4 cm³/mol. The van der Waals surface area contributed by atoms with Gasteiger partial charge in [-0.3, -0.25) is 4.79 Å². The number of urea groups is 1. The lowest BCUT2D eigenvalue weighted by atomic mass is 10.1. The van der Waals surface area contributed by atoms with Crippen LogP contribution in [-0.2, 0) is 11.3 Å². The van der Waals surface area contributed by atoms with Crippen molar-refractivity contribution >= 4 is 11.9 Å². The van der Waals surface area contributed by atoms with Crippen molar-refractivity contribution in [3.63, 3.8) is 0 Å². The molecule has 6 nitrogen and oxygen atoms in total. The highest BCUT2D eigenvalue weighted by Crippen LogP contribution is 2.16. The highest BCUT2D eigenvalue weighted by atomic mass is 16.5. The molecule has 0 saturated carbocycles. The fourth-order valence-corrected chi connectivity index (χ4v) is 2.12. The molecule has 1 atom stereocenters. The molecular formula is C14H19N3O3. The fraction of sp³-hybridized carbons (Fsp3) is 0.429. The first kappa shape index (κ1) is 14.2. The van der Waals surface area contributed by atoms with E-state index in [1.807, 2.05) is 24.3 Å². The van der Waals surface area contributed by atoms with E-state index < -0.39 is 0 Å². The summed E-state index contributed by atoms with van der Waals surface area (Å²) in [7, 11) is 1.60. The van der Waals surface area contributed by atoms with Crippen molar-refractivity contribution in [2.45, 2.75) is 25.4 Å². The van der Waals surface area contributed by atoms with Crippen LogP contribution in [0, 0.1) is 0 Å². The van der Waals surface area contributed by atoms with Gasteiger partial charge in [0.25, 0.3) is 0 Å². The molecule has 0 unspecified atom stereocenters. The topological polar surface area (TPSA) is 79.5 Å². The molecule has 2 rings (SSSR count). The molecule has 0 radical (unpaired) electrons. The Bertz CT molecular complexity index is 480. The van der Waals surface area contributed by atoms with Crippen molar-refractivity contribution in [2.24, 2.45) is 0 Å². The van der Waals surface area contributed by atoms with Gasteiger partial charge in [0.15, 0.2) is 0 Å². The van der Waals surface area contributed by atoms with E-state index in [9.17, 15) is 9.59 Å². The third kappa shape index (κ3) is 3.88. The number of amides is 3. The number of ether oxygens (including phenoxy) is 1. The summed E-state index contributed by atoms with van der Waals surface area (Å²) < 4.78 is 5.22. The number of carbonyl (C=O) groups is 2. The van der Waals surface area contributed by atoms with Crippen LogP contribution in [0.4, 0.5) is 4.79 Å². The maximum atomic E-state index is 11.8. The first-order valence-corrected chi connectivity index (χ1v) is 6.62. The smallest absolute Gasteiger partial charge is 0.315 e. The molecule has 0 bridgehead atoms. The van der Waals surface area contributed by atoms with Crippen LogP contribution in [0.15, 0.2) is 24.3 Å². The molecule has 20 heavy (non-hydrogen) atoms.